The highest BCUT2D eigenvalue weighted by Crippen LogP contribution is 2.11. The van der Waals surface area contributed by atoms with Gasteiger partial charge in [0.25, 0.3) is 0 Å². The lowest BCUT2D eigenvalue weighted by Crippen LogP contribution is -2.52. The van der Waals surface area contributed by atoms with Gasteiger partial charge in [-0.25, -0.2) is 9.97 Å². The van der Waals surface area contributed by atoms with Crippen molar-refractivity contribution in [3.05, 3.63) is 18.6 Å². The molecule has 1 fully saturated rings. The Morgan fingerprint density at radius 2 is 2.07 bits per heavy atom. The van der Waals surface area contributed by atoms with Crippen molar-refractivity contribution in [3.63, 3.8) is 0 Å². The van der Waals surface area contributed by atoms with Gasteiger partial charge in [0, 0.05) is 32.4 Å². The normalized spacial score (nSPS) is 16.5. The quantitative estimate of drug-likeness (QED) is 0.587. The second-order valence-electron chi connectivity index (χ2n) is 3.31. The average Bonchev–Trinajstić information content (AvgIpc) is 2.30. The SMILES string of the molecule is O=C([O-])N1CCN(c2ccncn2)CC1. The zero-order valence-electron chi connectivity index (χ0n) is 8.17. The number of hydrogen-bond acceptors (Lipinski definition) is 5. The molecule has 6 nitrogen and oxygen atoms in total. The summed E-state index contributed by atoms with van der Waals surface area (Å²) in [7, 11) is 0. The predicted molar refractivity (Wildman–Crippen MR) is 51.2 cm³/mol. The summed E-state index contributed by atoms with van der Waals surface area (Å²) in [4.78, 5) is 21.8. The molecule has 0 radical (unpaired) electrons. The molecule has 80 valence electrons. The van der Waals surface area contributed by atoms with Gasteiger partial charge in [0.1, 0.15) is 18.2 Å². The molecule has 0 spiro atoms. The first-order chi connectivity index (χ1) is 7.27. The molecule has 0 unspecified atom stereocenters. The predicted octanol–water partition coefficient (Wildman–Crippen LogP) is -1.06. The lowest BCUT2D eigenvalue weighted by molar-refractivity contribution is -0.265. The molecular weight excluding hydrogens is 196 g/mol. The zero-order valence-corrected chi connectivity index (χ0v) is 8.17. The summed E-state index contributed by atoms with van der Waals surface area (Å²) >= 11 is 0. The van der Waals surface area contributed by atoms with Crippen molar-refractivity contribution in [3.8, 4) is 0 Å². The van der Waals surface area contributed by atoms with Gasteiger partial charge in [0.2, 0.25) is 0 Å². The first-order valence-corrected chi connectivity index (χ1v) is 4.74. The van der Waals surface area contributed by atoms with Gasteiger partial charge in [-0.1, -0.05) is 0 Å². The minimum atomic E-state index is -1.10. The number of piperazine rings is 1. The molecule has 15 heavy (non-hydrogen) atoms. The fourth-order valence-corrected chi connectivity index (χ4v) is 1.59. The minimum absolute atomic E-state index is 0.465. The number of aromatic nitrogens is 2. The number of rotatable bonds is 1. The third kappa shape index (κ3) is 2.15. The van der Waals surface area contributed by atoms with Crippen LogP contribution in [0, 0.1) is 0 Å². The highest BCUT2D eigenvalue weighted by molar-refractivity contribution is 5.63. The molecule has 1 aliphatic rings. The van der Waals surface area contributed by atoms with E-state index in [9.17, 15) is 9.90 Å². The van der Waals surface area contributed by atoms with Gasteiger partial charge in [0.05, 0.1) is 0 Å². The van der Waals surface area contributed by atoms with Crippen molar-refractivity contribution < 1.29 is 9.90 Å². The number of anilines is 1. The molecule has 2 heterocycles. The highest BCUT2D eigenvalue weighted by atomic mass is 16.4. The fourth-order valence-electron chi connectivity index (χ4n) is 1.59. The number of carboxylic acid groups (broad SMARTS) is 1. The second-order valence-corrected chi connectivity index (χ2v) is 3.31. The summed E-state index contributed by atoms with van der Waals surface area (Å²) in [5.41, 5.74) is 0. The van der Waals surface area contributed by atoms with Gasteiger partial charge in [-0.3, -0.25) is 0 Å². The Morgan fingerprint density at radius 3 is 2.60 bits per heavy atom. The van der Waals surface area contributed by atoms with E-state index in [0.717, 1.165) is 5.82 Å². The zero-order chi connectivity index (χ0) is 10.7. The molecule has 0 aliphatic carbocycles. The van der Waals surface area contributed by atoms with E-state index >= 15 is 0 Å². The molecule has 6 heteroatoms. The number of carbonyl (C=O) groups is 1. The highest BCUT2D eigenvalue weighted by Gasteiger charge is 2.17. The molecule has 0 atom stereocenters. The van der Waals surface area contributed by atoms with Crippen LogP contribution < -0.4 is 10.0 Å². The van der Waals surface area contributed by atoms with Crippen LogP contribution in [0.3, 0.4) is 0 Å². The average molecular weight is 207 g/mol. The first-order valence-electron chi connectivity index (χ1n) is 4.74. The lowest BCUT2D eigenvalue weighted by atomic mass is 10.3. The maximum atomic E-state index is 10.6. The van der Waals surface area contributed by atoms with E-state index in [4.69, 9.17) is 0 Å². The molecule has 1 aromatic heterocycles. The summed E-state index contributed by atoms with van der Waals surface area (Å²) in [6, 6.07) is 1.81. The summed E-state index contributed by atoms with van der Waals surface area (Å²) in [6.45, 7) is 2.22. The van der Waals surface area contributed by atoms with Crippen LogP contribution >= 0.6 is 0 Å². The molecular formula is C9H11N4O2-. The molecule has 1 aromatic rings. The second kappa shape index (κ2) is 4.12. The molecule has 1 amide bonds. The van der Waals surface area contributed by atoms with Crippen molar-refractivity contribution in [1.82, 2.24) is 14.9 Å². The molecule has 0 saturated carbocycles. The van der Waals surface area contributed by atoms with Gasteiger partial charge >= 0.3 is 0 Å². The van der Waals surface area contributed by atoms with Crippen LogP contribution in [0.5, 0.6) is 0 Å². The third-order valence-electron chi connectivity index (χ3n) is 2.43. The van der Waals surface area contributed by atoms with Gasteiger partial charge < -0.3 is 19.7 Å². The Hall–Kier alpha value is -1.85. The van der Waals surface area contributed by atoms with Gasteiger partial charge in [-0.2, -0.15) is 0 Å². The Morgan fingerprint density at radius 1 is 1.33 bits per heavy atom. The molecule has 2 rings (SSSR count). The molecule has 0 aromatic carbocycles. The van der Waals surface area contributed by atoms with Crippen LogP contribution in [-0.4, -0.2) is 47.1 Å². The molecule has 0 bridgehead atoms. The Balaban J connectivity index is 1.97. The van der Waals surface area contributed by atoms with E-state index in [2.05, 4.69) is 9.97 Å². The third-order valence-corrected chi connectivity index (χ3v) is 2.43. The van der Waals surface area contributed by atoms with Gasteiger partial charge in [-0.15, -0.1) is 0 Å². The van der Waals surface area contributed by atoms with E-state index in [0.29, 0.717) is 26.2 Å². The maximum absolute atomic E-state index is 10.6. The van der Waals surface area contributed by atoms with Gasteiger partial charge in [-0.05, 0) is 6.07 Å². The summed E-state index contributed by atoms with van der Waals surface area (Å²) in [6.07, 6.45) is 2.06. The van der Waals surface area contributed by atoms with Crippen molar-refractivity contribution in [2.45, 2.75) is 0 Å². The molecule has 1 aliphatic heterocycles. The van der Waals surface area contributed by atoms with Crippen molar-refractivity contribution in [2.75, 3.05) is 31.1 Å². The largest absolute Gasteiger partial charge is 0.530 e. The smallest absolute Gasteiger partial charge is 0.137 e. The topological polar surface area (TPSA) is 72.4 Å². The molecule has 0 N–H and O–H groups in total. The lowest BCUT2D eigenvalue weighted by Gasteiger charge is -2.36. The monoisotopic (exact) mass is 207 g/mol. The maximum Gasteiger partial charge on any atom is 0.137 e. The summed E-state index contributed by atoms with van der Waals surface area (Å²) in [5, 5.41) is 10.6. The molecule has 1 saturated heterocycles. The number of amides is 1. The number of carbonyl (C=O) groups excluding carboxylic acids is 1. The summed E-state index contributed by atoms with van der Waals surface area (Å²) < 4.78 is 0. The van der Waals surface area contributed by atoms with E-state index in [1.807, 2.05) is 11.0 Å². The van der Waals surface area contributed by atoms with Crippen LogP contribution in [0.4, 0.5) is 10.6 Å². The van der Waals surface area contributed by atoms with E-state index in [1.54, 1.807) is 6.20 Å². The number of nitrogens with zero attached hydrogens (tertiary/aromatic N) is 4. The number of hydrogen-bond donors (Lipinski definition) is 0. The van der Waals surface area contributed by atoms with Gasteiger partial charge in [0.15, 0.2) is 0 Å². The standard InChI is InChI=1S/C9H12N4O2/c14-9(15)13-5-3-12(4-6-13)8-1-2-10-7-11-8/h1-2,7H,3-6H2,(H,14,15)/p-1. The first kappa shape index (κ1) is 9.70. The van der Waals surface area contributed by atoms with Crippen LogP contribution in [0.15, 0.2) is 18.6 Å². The van der Waals surface area contributed by atoms with Crippen molar-refractivity contribution in [1.29, 1.82) is 0 Å². The minimum Gasteiger partial charge on any atom is -0.530 e. The Kier molecular flexibility index (Phi) is 2.66. The van der Waals surface area contributed by atoms with Crippen LogP contribution in [0.25, 0.3) is 0 Å². The van der Waals surface area contributed by atoms with Crippen LogP contribution in [0.1, 0.15) is 0 Å². The van der Waals surface area contributed by atoms with E-state index < -0.39 is 6.09 Å². The van der Waals surface area contributed by atoms with E-state index in [-0.39, 0.29) is 0 Å². The Bertz CT molecular complexity index is 335. The van der Waals surface area contributed by atoms with Crippen molar-refractivity contribution in [2.24, 2.45) is 0 Å². The van der Waals surface area contributed by atoms with Crippen LogP contribution in [0.2, 0.25) is 0 Å². The van der Waals surface area contributed by atoms with Crippen LogP contribution in [-0.2, 0) is 0 Å². The van der Waals surface area contributed by atoms with E-state index in [1.165, 1.54) is 11.2 Å². The summed E-state index contributed by atoms with van der Waals surface area (Å²) in [5.74, 6) is 0.836. The van der Waals surface area contributed by atoms with Crippen molar-refractivity contribution >= 4 is 11.9 Å². The Labute approximate surface area is 87.2 Å². The fraction of sp³-hybridized carbons (Fsp3) is 0.444.